The van der Waals surface area contributed by atoms with E-state index >= 15 is 0 Å². The summed E-state index contributed by atoms with van der Waals surface area (Å²) in [5, 5.41) is 28.6. The molecule has 4 rings (SSSR count). The summed E-state index contributed by atoms with van der Waals surface area (Å²) in [5.41, 5.74) is 9.52. The van der Waals surface area contributed by atoms with Crippen molar-refractivity contribution in [3.63, 3.8) is 0 Å². The molecular formula is C39H41Br4ClN6O5. The maximum absolute atomic E-state index is 12.9. The van der Waals surface area contributed by atoms with Crippen LogP contribution in [-0.2, 0) is 14.3 Å². The van der Waals surface area contributed by atoms with E-state index in [1.807, 2.05) is 53.1 Å². The summed E-state index contributed by atoms with van der Waals surface area (Å²) in [6.45, 7) is 4.71. The Balaban J connectivity index is 1.19. The molecule has 0 atom stereocenters. The molecule has 0 aliphatic carbocycles. The van der Waals surface area contributed by atoms with E-state index in [9.17, 15) is 19.8 Å². The maximum atomic E-state index is 12.9. The third-order valence-electron chi connectivity index (χ3n) is 8.08. The number of amides is 2. The first-order valence-electron chi connectivity index (χ1n) is 17.3. The zero-order valence-corrected chi connectivity index (χ0v) is 37.1. The first-order valence-corrected chi connectivity index (χ1v) is 20.8. The third kappa shape index (κ3) is 15.2. The van der Waals surface area contributed by atoms with Crippen LogP contribution in [0.5, 0.6) is 11.5 Å². The number of aryl methyl sites for hydroxylation is 1. The number of benzene rings is 4. The summed E-state index contributed by atoms with van der Waals surface area (Å²) in [7, 11) is 0. The highest BCUT2D eigenvalue weighted by molar-refractivity contribution is 9.11. The van der Waals surface area contributed by atoms with E-state index in [1.165, 1.54) is 12.4 Å². The summed E-state index contributed by atoms with van der Waals surface area (Å²) in [5.74, 6) is -0.350. The van der Waals surface area contributed by atoms with Crippen LogP contribution in [0.4, 0.5) is 11.4 Å². The van der Waals surface area contributed by atoms with Gasteiger partial charge in [0.05, 0.1) is 43.4 Å². The lowest BCUT2D eigenvalue weighted by Crippen LogP contribution is -2.36. The van der Waals surface area contributed by atoms with E-state index in [1.54, 1.807) is 36.4 Å². The van der Waals surface area contributed by atoms with E-state index in [0.29, 0.717) is 60.3 Å². The molecule has 16 heteroatoms. The molecule has 55 heavy (non-hydrogen) atoms. The lowest BCUT2D eigenvalue weighted by molar-refractivity contribution is -0.120. The number of hydrogen-bond donors (Lipinski definition) is 4. The summed E-state index contributed by atoms with van der Waals surface area (Å²) >= 11 is 19.3. The number of carbonyl (C=O) groups excluding carboxylic acids is 2. The number of nitrogens with one attached hydrogen (secondary N) is 2. The predicted octanol–water partition coefficient (Wildman–Crippen LogP) is 9.30. The minimum absolute atomic E-state index is 0.0866. The summed E-state index contributed by atoms with van der Waals surface area (Å²) in [6.07, 6.45) is 6.27. The fourth-order valence-corrected chi connectivity index (χ4v) is 7.79. The summed E-state index contributed by atoms with van der Waals surface area (Å²) in [4.78, 5) is 29.7. The van der Waals surface area contributed by atoms with Crippen LogP contribution < -0.4 is 20.7 Å². The first kappa shape index (κ1) is 44.2. The normalized spacial score (nSPS) is 11.3. The number of halogens is 5. The molecule has 4 aromatic rings. The second-order valence-electron chi connectivity index (χ2n) is 12.4. The van der Waals surface area contributed by atoms with E-state index in [4.69, 9.17) is 16.3 Å². The van der Waals surface area contributed by atoms with E-state index in [0.717, 1.165) is 42.6 Å². The Morgan fingerprint density at radius 3 is 1.45 bits per heavy atom. The van der Waals surface area contributed by atoms with Crippen molar-refractivity contribution >= 4 is 111 Å². The number of nitrogens with zero attached hydrogens (tertiary/aromatic N) is 4. The van der Waals surface area contributed by atoms with Gasteiger partial charge in [0.15, 0.2) is 0 Å². The highest BCUT2D eigenvalue weighted by Crippen LogP contribution is 2.33. The Labute approximate surface area is 359 Å². The number of rotatable bonds is 20. The van der Waals surface area contributed by atoms with Crippen LogP contribution in [0.1, 0.15) is 42.4 Å². The van der Waals surface area contributed by atoms with Gasteiger partial charge in [0.25, 0.3) is 11.8 Å². The fourth-order valence-electron chi connectivity index (χ4n) is 5.22. The van der Waals surface area contributed by atoms with Crippen molar-refractivity contribution in [2.24, 2.45) is 10.2 Å². The molecular weight excluding hydrogens is 988 g/mol. The fraction of sp³-hybridized carbons (Fsp3) is 0.282. The highest BCUT2D eigenvalue weighted by Gasteiger charge is 2.14. The molecule has 0 fully saturated rings. The number of anilines is 2. The van der Waals surface area contributed by atoms with Gasteiger partial charge in [-0.2, -0.15) is 10.2 Å². The van der Waals surface area contributed by atoms with Gasteiger partial charge >= 0.3 is 0 Å². The van der Waals surface area contributed by atoms with Crippen molar-refractivity contribution < 1.29 is 24.5 Å². The molecule has 0 saturated heterocycles. The smallest absolute Gasteiger partial charge is 0.259 e. The van der Waals surface area contributed by atoms with Crippen LogP contribution in [0.15, 0.2) is 101 Å². The Hall–Kier alpha value is -3.47. The molecule has 0 spiro atoms. The standard InChI is InChI=1S/C39H41Br4ClN6O5/c1-26-6-10-30(11-7-26)49(24-36(51)47-45-22-27-18-32(40)38(53)33(41)19-27)14-2-4-16-55-17-5-3-15-50(31-12-8-29(44)9-13-31)25-37(52)48-46-23-28-20-34(42)39(54)35(43)21-28/h6-13,18-23,53-54H,2-5,14-17,24-25H2,1H3,(H,47,51)(H,48,52)/b45-22+,46-23+. The van der Waals surface area contributed by atoms with E-state index in [2.05, 4.69) is 84.8 Å². The van der Waals surface area contributed by atoms with Crippen LogP contribution in [0, 0.1) is 6.92 Å². The SMILES string of the molecule is Cc1ccc(N(CCCCOCCCCN(CC(=O)N/N=C/c2cc(Br)c(O)c(Br)c2)c2ccc(Cl)cc2)CC(=O)N/N=C/c2cc(Br)c(O)c(Br)c2)cc1. The Morgan fingerprint density at radius 1 is 0.673 bits per heavy atom. The molecule has 2 amide bonds. The van der Waals surface area contributed by atoms with Gasteiger partial charge in [0, 0.05) is 42.7 Å². The molecule has 11 nitrogen and oxygen atoms in total. The van der Waals surface area contributed by atoms with Gasteiger partial charge in [-0.15, -0.1) is 0 Å². The van der Waals surface area contributed by atoms with Gasteiger partial charge in [0.2, 0.25) is 0 Å². The minimum Gasteiger partial charge on any atom is -0.506 e. The zero-order valence-electron chi connectivity index (χ0n) is 30.0. The molecule has 0 unspecified atom stereocenters. The molecule has 0 bridgehead atoms. The summed E-state index contributed by atoms with van der Waals surface area (Å²) in [6, 6.07) is 22.2. The van der Waals surface area contributed by atoms with Gasteiger partial charge in [0.1, 0.15) is 11.5 Å². The van der Waals surface area contributed by atoms with Crippen LogP contribution in [0.3, 0.4) is 0 Å². The molecule has 0 aliphatic rings. The number of ether oxygens (including phenoxy) is 1. The largest absolute Gasteiger partial charge is 0.506 e. The number of phenolic OH excluding ortho intramolecular Hbond substituents is 2. The average Bonchev–Trinajstić information content (AvgIpc) is 3.15. The first-order chi connectivity index (χ1) is 26.4. The van der Waals surface area contributed by atoms with Gasteiger partial charge in [-0.3, -0.25) is 9.59 Å². The van der Waals surface area contributed by atoms with Crippen molar-refractivity contribution in [2.75, 3.05) is 49.2 Å². The number of carbonyl (C=O) groups is 2. The van der Waals surface area contributed by atoms with E-state index in [-0.39, 0.29) is 36.4 Å². The van der Waals surface area contributed by atoms with Crippen LogP contribution in [0.2, 0.25) is 5.02 Å². The van der Waals surface area contributed by atoms with Gasteiger partial charge in [-0.25, -0.2) is 10.9 Å². The van der Waals surface area contributed by atoms with Crippen molar-refractivity contribution in [3.05, 3.63) is 112 Å². The van der Waals surface area contributed by atoms with Crippen molar-refractivity contribution in [2.45, 2.75) is 32.6 Å². The lowest BCUT2D eigenvalue weighted by atomic mass is 10.2. The van der Waals surface area contributed by atoms with Gasteiger partial charge in [-0.05, 0) is 168 Å². The zero-order chi connectivity index (χ0) is 39.7. The maximum Gasteiger partial charge on any atom is 0.259 e. The molecule has 0 heterocycles. The van der Waals surface area contributed by atoms with Gasteiger partial charge < -0.3 is 24.7 Å². The molecule has 4 N–H and O–H groups in total. The number of aromatic hydroxyl groups is 2. The second-order valence-corrected chi connectivity index (χ2v) is 16.3. The number of hydrazone groups is 2. The van der Waals surface area contributed by atoms with Gasteiger partial charge in [-0.1, -0.05) is 29.3 Å². The number of hydrogen-bond acceptors (Lipinski definition) is 9. The lowest BCUT2D eigenvalue weighted by Gasteiger charge is -2.24. The molecule has 0 saturated carbocycles. The molecule has 292 valence electrons. The number of unbranched alkanes of at least 4 members (excludes halogenated alkanes) is 2. The third-order valence-corrected chi connectivity index (χ3v) is 10.7. The van der Waals surface area contributed by atoms with Crippen LogP contribution in [0.25, 0.3) is 0 Å². The molecule has 0 radical (unpaired) electrons. The molecule has 0 aromatic heterocycles. The number of phenols is 2. The Morgan fingerprint density at radius 2 is 1.05 bits per heavy atom. The van der Waals surface area contributed by atoms with Crippen molar-refractivity contribution in [1.82, 2.24) is 10.9 Å². The predicted molar refractivity (Wildman–Crippen MR) is 235 cm³/mol. The Bertz CT molecular complexity index is 1770. The average molecular weight is 1030 g/mol. The second kappa shape index (κ2) is 22.9. The Kier molecular flexibility index (Phi) is 18.4. The highest BCUT2D eigenvalue weighted by atomic mass is 79.9. The quantitative estimate of drug-likeness (QED) is 0.0394. The van der Waals surface area contributed by atoms with E-state index < -0.39 is 0 Å². The molecule has 4 aromatic carbocycles. The van der Waals surface area contributed by atoms with Crippen LogP contribution in [-0.4, -0.2) is 73.8 Å². The monoisotopic (exact) mass is 1020 g/mol. The topological polar surface area (TPSA) is 139 Å². The van der Waals surface area contributed by atoms with Crippen molar-refractivity contribution in [3.8, 4) is 11.5 Å². The minimum atomic E-state index is -0.278. The van der Waals surface area contributed by atoms with Crippen LogP contribution >= 0.6 is 75.3 Å². The molecule has 0 aliphatic heterocycles. The summed E-state index contributed by atoms with van der Waals surface area (Å²) < 4.78 is 7.99. The van der Waals surface area contributed by atoms with Crippen molar-refractivity contribution in [1.29, 1.82) is 0 Å².